The van der Waals surface area contributed by atoms with Crippen molar-refractivity contribution >= 4 is 31.6 Å². The molecule has 7 heteroatoms. The van der Waals surface area contributed by atoms with Gasteiger partial charge in [0.15, 0.2) is 0 Å². The molecule has 0 unspecified atom stereocenters. The van der Waals surface area contributed by atoms with Crippen LogP contribution in [0.5, 0.6) is 5.75 Å². The van der Waals surface area contributed by atoms with Crippen LogP contribution in [0.25, 0.3) is 0 Å². The fourth-order valence-electron chi connectivity index (χ4n) is 1.62. The Bertz CT molecular complexity index is 469. The predicted octanol–water partition coefficient (Wildman–Crippen LogP) is 5.76. The first-order valence-corrected chi connectivity index (χ1v) is 7.95. The first-order valence-electron chi connectivity index (χ1n) is 5.87. The molecule has 1 rings (SSSR count). The minimum Gasteiger partial charge on any atom is -0.402 e. The van der Waals surface area contributed by atoms with Gasteiger partial charge in [-0.25, -0.2) is 4.57 Å². The molecule has 4 nitrogen and oxygen atoms in total. The Morgan fingerprint density at radius 2 is 1.63 bits per heavy atom. The molecule has 0 bridgehead atoms. The highest BCUT2D eigenvalue weighted by Crippen LogP contribution is 2.53. The van der Waals surface area contributed by atoms with Gasteiger partial charge in [0.05, 0.1) is 23.7 Å². The van der Waals surface area contributed by atoms with Crippen molar-refractivity contribution in [1.29, 1.82) is 0 Å². The average Bonchev–Trinajstić information content (AvgIpc) is 2.38. The second kappa shape index (κ2) is 6.96. The van der Waals surface area contributed by atoms with Gasteiger partial charge in [-0.2, -0.15) is 8.15 Å². The second-order valence-electron chi connectivity index (χ2n) is 4.78. The Balaban J connectivity index is 3.17. The van der Waals surface area contributed by atoms with Crippen LogP contribution in [0, 0.1) is 0 Å². The third-order valence-corrected chi connectivity index (χ3v) is 4.47. The van der Waals surface area contributed by atoms with Gasteiger partial charge < -0.3 is 4.52 Å². The van der Waals surface area contributed by atoms with Crippen molar-refractivity contribution in [3.63, 3.8) is 0 Å². The van der Waals surface area contributed by atoms with Crippen LogP contribution in [-0.4, -0.2) is 0 Å². The van der Waals surface area contributed by atoms with Crippen LogP contribution in [0.2, 0.25) is 0 Å². The zero-order valence-electron chi connectivity index (χ0n) is 11.2. The Morgan fingerprint density at radius 3 is 2.05 bits per heavy atom. The van der Waals surface area contributed by atoms with E-state index in [1.54, 1.807) is 6.07 Å². The summed E-state index contributed by atoms with van der Waals surface area (Å²) in [7, 11) is -3.98. The Labute approximate surface area is 123 Å². The van der Waals surface area contributed by atoms with E-state index in [9.17, 15) is 4.57 Å². The third kappa shape index (κ3) is 4.37. The summed E-state index contributed by atoms with van der Waals surface area (Å²) in [6, 6.07) is 5.60. The van der Waals surface area contributed by atoms with Crippen molar-refractivity contribution in [2.45, 2.75) is 39.5 Å². The van der Waals surface area contributed by atoms with Gasteiger partial charge in [0.1, 0.15) is 5.75 Å². The number of hydrogen-bond donors (Lipinski definition) is 0. The first-order chi connectivity index (χ1) is 8.83. The molecule has 0 radical (unpaired) electrons. The SMILES string of the molecule is CC(C)c1ccc(OP(=O)(OCl)OCl)c(C(C)C)c1. The molecule has 0 aliphatic carbocycles. The van der Waals surface area contributed by atoms with E-state index < -0.39 is 7.82 Å². The maximum atomic E-state index is 11.8. The molecule has 0 fully saturated rings. The van der Waals surface area contributed by atoms with Crippen LogP contribution in [0.3, 0.4) is 0 Å². The summed E-state index contributed by atoms with van der Waals surface area (Å²) < 4.78 is 25.3. The molecule has 1 aromatic rings. The summed E-state index contributed by atoms with van der Waals surface area (Å²) >= 11 is 10.1. The second-order valence-corrected chi connectivity index (χ2v) is 6.96. The smallest absolute Gasteiger partial charge is 0.402 e. The average molecular weight is 327 g/mol. The maximum Gasteiger partial charge on any atom is 0.563 e. The van der Waals surface area contributed by atoms with E-state index in [0.717, 1.165) is 11.1 Å². The molecule has 1 aromatic carbocycles. The molecule has 0 spiro atoms. The molecular weight excluding hydrogens is 310 g/mol. The molecule has 108 valence electrons. The fourth-order valence-corrected chi connectivity index (χ4v) is 2.53. The molecule has 0 aromatic heterocycles. The van der Waals surface area contributed by atoms with Gasteiger partial charge in [-0.1, -0.05) is 39.8 Å². The van der Waals surface area contributed by atoms with Gasteiger partial charge in [-0.3, -0.25) is 0 Å². The van der Waals surface area contributed by atoms with E-state index in [4.69, 9.17) is 28.3 Å². The number of phosphoric acid groups is 1. The highest BCUT2D eigenvalue weighted by molar-refractivity contribution is 7.50. The zero-order chi connectivity index (χ0) is 14.6. The Hall–Kier alpha value is -0.250. The number of rotatable bonds is 6. The molecule has 0 saturated carbocycles. The fraction of sp³-hybridized carbons (Fsp3) is 0.500. The van der Waals surface area contributed by atoms with Crippen LogP contribution in [0.1, 0.15) is 50.7 Å². The van der Waals surface area contributed by atoms with Crippen molar-refractivity contribution < 1.29 is 17.2 Å². The van der Waals surface area contributed by atoms with Crippen molar-refractivity contribution in [3.8, 4) is 5.75 Å². The zero-order valence-corrected chi connectivity index (χ0v) is 13.6. The Kier molecular flexibility index (Phi) is 6.15. The van der Waals surface area contributed by atoms with Gasteiger partial charge >= 0.3 is 7.82 Å². The van der Waals surface area contributed by atoms with E-state index in [-0.39, 0.29) is 5.92 Å². The summed E-state index contributed by atoms with van der Waals surface area (Å²) in [4.78, 5) is 0. The predicted molar refractivity (Wildman–Crippen MR) is 76.7 cm³/mol. The quantitative estimate of drug-likeness (QED) is 0.623. The summed E-state index contributed by atoms with van der Waals surface area (Å²) in [5.41, 5.74) is 2.04. The Morgan fingerprint density at radius 1 is 1.05 bits per heavy atom. The van der Waals surface area contributed by atoms with Crippen LogP contribution in [0.15, 0.2) is 18.2 Å². The van der Waals surface area contributed by atoms with Crippen molar-refractivity contribution in [1.82, 2.24) is 0 Å². The van der Waals surface area contributed by atoms with Crippen molar-refractivity contribution in [2.75, 3.05) is 0 Å². The molecule has 0 heterocycles. The lowest BCUT2D eigenvalue weighted by molar-refractivity contribution is 0.316. The summed E-state index contributed by atoms with van der Waals surface area (Å²) in [6.45, 7) is 8.18. The lowest BCUT2D eigenvalue weighted by atomic mass is 9.95. The molecule has 19 heavy (non-hydrogen) atoms. The lowest BCUT2D eigenvalue weighted by Crippen LogP contribution is -2.00. The molecule has 0 amide bonds. The highest BCUT2D eigenvalue weighted by Gasteiger charge is 2.30. The van der Waals surface area contributed by atoms with Crippen LogP contribution >= 0.6 is 31.6 Å². The van der Waals surface area contributed by atoms with Crippen LogP contribution in [-0.2, 0) is 12.7 Å². The van der Waals surface area contributed by atoms with Crippen molar-refractivity contribution in [3.05, 3.63) is 29.3 Å². The van der Waals surface area contributed by atoms with Crippen LogP contribution < -0.4 is 4.52 Å². The molecule has 0 saturated heterocycles. The first kappa shape index (κ1) is 16.8. The van der Waals surface area contributed by atoms with Gasteiger partial charge in [-0.05, 0) is 29.0 Å². The summed E-state index contributed by atoms with van der Waals surface area (Å²) in [6.07, 6.45) is 0. The highest BCUT2D eigenvalue weighted by atomic mass is 35.5. The normalized spacial score (nSPS) is 12.2. The minimum atomic E-state index is -3.98. The van der Waals surface area contributed by atoms with Gasteiger partial charge in [-0.15, -0.1) is 0 Å². The van der Waals surface area contributed by atoms with Crippen molar-refractivity contribution in [2.24, 2.45) is 0 Å². The summed E-state index contributed by atoms with van der Waals surface area (Å²) in [5, 5.41) is 0. The van der Waals surface area contributed by atoms with Gasteiger partial charge in [0, 0.05) is 0 Å². The lowest BCUT2D eigenvalue weighted by Gasteiger charge is -2.18. The number of halogens is 2. The van der Waals surface area contributed by atoms with E-state index >= 15 is 0 Å². The van der Waals surface area contributed by atoms with Gasteiger partial charge in [0.2, 0.25) is 0 Å². The molecule has 0 N–H and O–H groups in total. The standard InChI is InChI=1S/C12H17Cl2O4P/c1-8(2)10-5-6-12(11(7-10)9(3)4)16-19(15,17-13)18-14/h5-9H,1-4H3. The number of benzene rings is 1. The van der Waals surface area contributed by atoms with Gasteiger partial charge in [0.25, 0.3) is 0 Å². The largest absolute Gasteiger partial charge is 0.563 e. The minimum absolute atomic E-state index is 0.174. The van der Waals surface area contributed by atoms with E-state index in [0.29, 0.717) is 11.7 Å². The number of hydrogen-bond acceptors (Lipinski definition) is 4. The monoisotopic (exact) mass is 326 g/mol. The molecule has 0 atom stereocenters. The van der Waals surface area contributed by atoms with E-state index in [2.05, 4.69) is 22.0 Å². The third-order valence-electron chi connectivity index (χ3n) is 2.70. The maximum absolute atomic E-state index is 11.8. The molecule has 0 aliphatic rings. The topological polar surface area (TPSA) is 44.8 Å². The van der Waals surface area contributed by atoms with E-state index in [1.165, 1.54) is 0 Å². The molecular formula is C12H17Cl2O4P. The van der Waals surface area contributed by atoms with E-state index in [1.807, 2.05) is 26.0 Å². The summed E-state index contributed by atoms with van der Waals surface area (Å²) in [5.74, 6) is 0.934. The van der Waals surface area contributed by atoms with Crippen LogP contribution in [0.4, 0.5) is 0 Å². The molecule has 0 aliphatic heterocycles.